The van der Waals surface area contributed by atoms with Gasteiger partial charge in [-0.2, -0.15) is 4.98 Å². The highest BCUT2D eigenvalue weighted by Crippen LogP contribution is 2.41. The first-order valence-corrected chi connectivity index (χ1v) is 12.5. The van der Waals surface area contributed by atoms with Crippen molar-refractivity contribution in [1.29, 1.82) is 0 Å². The average molecular weight is 457 g/mol. The van der Waals surface area contributed by atoms with Gasteiger partial charge in [0.05, 0.1) is 41.3 Å². The predicted molar refractivity (Wildman–Crippen MR) is 122 cm³/mol. The minimum Gasteiger partial charge on any atom is -0.465 e. The molecule has 0 bridgehead atoms. The zero-order valence-corrected chi connectivity index (χ0v) is 19.0. The maximum absolute atomic E-state index is 12.5. The van der Waals surface area contributed by atoms with Gasteiger partial charge in [0.25, 0.3) is 0 Å². The van der Waals surface area contributed by atoms with Crippen molar-refractivity contribution in [3.63, 3.8) is 0 Å². The second-order valence-electron chi connectivity index (χ2n) is 8.89. The number of nitrogens with one attached hydrogen (secondary N) is 1. The van der Waals surface area contributed by atoms with Crippen molar-refractivity contribution in [2.24, 2.45) is 0 Å². The molecule has 8 nitrogen and oxygen atoms in total. The molecule has 0 radical (unpaired) electrons. The van der Waals surface area contributed by atoms with E-state index >= 15 is 0 Å². The number of anilines is 2. The predicted octanol–water partition coefficient (Wildman–Crippen LogP) is 2.25. The normalized spacial score (nSPS) is 21.8. The van der Waals surface area contributed by atoms with Crippen molar-refractivity contribution >= 4 is 28.5 Å². The molecule has 0 amide bonds. The van der Waals surface area contributed by atoms with Crippen LogP contribution in [-0.4, -0.2) is 63.4 Å². The second-order valence-corrected chi connectivity index (χ2v) is 10.4. The monoisotopic (exact) mass is 456 g/mol. The maximum Gasteiger partial charge on any atom is 0.337 e. The molecule has 1 saturated heterocycles. The van der Waals surface area contributed by atoms with E-state index in [9.17, 15) is 14.1 Å². The molecule has 9 heteroatoms. The number of esters is 1. The lowest BCUT2D eigenvalue weighted by atomic mass is 9.88. The second kappa shape index (κ2) is 8.44. The zero-order valence-electron chi connectivity index (χ0n) is 18.2. The molecular weight excluding hydrogens is 428 g/mol. The summed E-state index contributed by atoms with van der Waals surface area (Å²) in [6.07, 6.45) is 4.33. The van der Waals surface area contributed by atoms with Gasteiger partial charge in [-0.05, 0) is 49.3 Å². The fraction of sp³-hybridized carbons (Fsp3) is 0.522. The topological polar surface area (TPSA) is 105 Å². The summed E-state index contributed by atoms with van der Waals surface area (Å²) < 4.78 is 17.4. The third-order valence-electron chi connectivity index (χ3n) is 6.77. The van der Waals surface area contributed by atoms with Crippen LogP contribution in [-0.2, 0) is 22.0 Å². The Balaban J connectivity index is 1.34. The SMILES string of the molecule is COC(=O)c1cccc(C2CCN(c3nc4c(c(NC5(CO)CC5)n3)S(=O)CC4)CC2)c1. The van der Waals surface area contributed by atoms with Gasteiger partial charge in [0.2, 0.25) is 5.95 Å². The molecule has 1 unspecified atom stereocenters. The van der Waals surface area contributed by atoms with Gasteiger partial charge in [-0.1, -0.05) is 12.1 Å². The van der Waals surface area contributed by atoms with Crippen molar-refractivity contribution in [3.05, 3.63) is 41.1 Å². The molecular formula is C23H28N4O4S. The van der Waals surface area contributed by atoms with E-state index in [1.54, 1.807) is 6.07 Å². The van der Waals surface area contributed by atoms with Crippen LogP contribution in [0, 0.1) is 0 Å². The number of aliphatic hydroxyl groups excluding tert-OH is 1. The molecule has 32 heavy (non-hydrogen) atoms. The van der Waals surface area contributed by atoms with Crippen LogP contribution in [0.15, 0.2) is 29.2 Å². The molecule has 2 fully saturated rings. The lowest BCUT2D eigenvalue weighted by Crippen LogP contribution is -2.35. The molecule has 3 aliphatic rings. The fourth-order valence-corrected chi connectivity index (χ4v) is 5.89. The molecule has 2 N–H and O–H groups in total. The first kappa shape index (κ1) is 21.3. The van der Waals surface area contributed by atoms with E-state index in [1.807, 2.05) is 12.1 Å². The molecule has 1 saturated carbocycles. The molecule has 3 heterocycles. The number of nitrogens with zero attached hydrogens (tertiary/aromatic N) is 3. The molecule has 1 aromatic heterocycles. The third-order valence-corrected chi connectivity index (χ3v) is 8.23. The van der Waals surface area contributed by atoms with E-state index in [4.69, 9.17) is 14.7 Å². The Labute approximate surface area is 189 Å². The smallest absolute Gasteiger partial charge is 0.337 e. The number of hydrogen-bond donors (Lipinski definition) is 2. The first-order valence-electron chi connectivity index (χ1n) is 11.1. The number of carbonyl (C=O) groups is 1. The third kappa shape index (κ3) is 3.99. The number of ether oxygens (including phenoxy) is 1. The van der Waals surface area contributed by atoms with Crippen LogP contribution in [0.5, 0.6) is 0 Å². The highest BCUT2D eigenvalue weighted by molar-refractivity contribution is 7.85. The van der Waals surface area contributed by atoms with E-state index in [2.05, 4.69) is 16.3 Å². The van der Waals surface area contributed by atoms with Crippen molar-refractivity contribution in [1.82, 2.24) is 9.97 Å². The summed E-state index contributed by atoms with van der Waals surface area (Å²) in [4.78, 5) is 24.3. The van der Waals surface area contributed by atoms with Gasteiger partial charge < -0.3 is 20.1 Å². The Morgan fingerprint density at radius 2 is 2.09 bits per heavy atom. The Kier molecular flexibility index (Phi) is 5.63. The van der Waals surface area contributed by atoms with Gasteiger partial charge in [-0.3, -0.25) is 4.21 Å². The Bertz CT molecular complexity index is 1060. The lowest BCUT2D eigenvalue weighted by Gasteiger charge is -2.33. The summed E-state index contributed by atoms with van der Waals surface area (Å²) in [7, 11) is 0.303. The minimum atomic E-state index is -1.09. The molecule has 1 atom stereocenters. The molecule has 170 valence electrons. The Morgan fingerprint density at radius 3 is 2.78 bits per heavy atom. The van der Waals surface area contributed by atoms with Crippen LogP contribution in [0.1, 0.15) is 53.2 Å². The van der Waals surface area contributed by atoms with Crippen LogP contribution >= 0.6 is 0 Å². The Morgan fingerprint density at radius 1 is 1.31 bits per heavy atom. The van der Waals surface area contributed by atoms with E-state index in [0.717, 1.165) is 50.0 Å². The van der Waals surface area contributed by atoms with Gasteiger partial charge in [0.15, 0.2) is 0 Å². The summed E-state index contributed by atoms with van der Waals surface area (Å²) >= 11 is 0. The van der Waals surface area contributed by atoms with Crippen LogP contribution in [0.4, 0.5) is 11.8 Å². The van der Waals surface area contributed by atoms with Gasteiger partial charge in [0, 0.05) is 25.3 Å². The average Bonchev–Trinajstić information content (AvgIpc) is 3.51. The fourth-order valence-electron chi connectivity index (χ4n) is 4.59. The van der Waals surface area contributed by atoms with E-state index < -0.39 is 10.8 Å². The summed E-state index contributed by atoms with van der Waals surface area (Å²) in [6, 6.07) is 7.68. The molecule has 1 aromatic carbocycles. The number of fused-ring (bicyclic) bond motifs is 1. The van der Waals surface area contributed by atoms with Gasteiger partial charge in [-0.25, -0.2) is 9.78 Å². The zero-order chi connectivity index (χ0) is 22.3. The number of methoxy groups -OCH3 is 1. The number of aromatic nitrogens is 2. The molecule has 2 aromatic rings. The van der Waals surface area contributed by atoms with Crippen molar-refractivity contribution in [3.8, 4) is 0 Å². The standard InChI is InChI=1S/C23H28N4O4S/c1-31-21(29)17-4-2-3-16(13-17)15-5-10-27(11-6-15)22-24-18-7-12-32(30)19(18)20(25-22)26-23(14-28)8-9-23/h2-4,13,15,28H,5-12,14H2,1H3,(H,24,25,26). The van der Waals surface area contributed by atoms with Crippen LogP contribution in [0.2, 0.25) is 0 Å². The molecule has 0 spiro atoms. The largest absolute Gasteiger partial charge is 0.465 e. The van der Waals surface area contributed by atoms with Gasteiger partial charge in [-0.15, -0.1) is 0 Å². The number of benzene rings is 1. The van der Waals surface area contributed by atoms with Crippen LogP contribution < -0.4 is 10.2 Å². The number of piperidine rings is 1. The van der Waals surface area contributed by atoms with E-state index in [1.165, 1.54) is 7.11 Å². The summed E-state index contributed by atoms with van der Waals surface area (Å²) in [6.45, 7) is 1.66. The number of carbonyl (C=O) groups excluding carboxylic acids is 1. The lowest BCUT2D eigenvalue weighted by molar-refractivity contribution is 0.0600. The minimum absolute atomic E-state index is 0.0454. The van der Waals surface area contributed by atoms with Crippen molar-refractivity contribution in [2.45, 2.75) is 48.5 Å². The number of hydrogen-bond acceptors (Lipinski definition) is 8. The summed E-state index contributed by atoms with van der Waals surface area (Å²) in [5.41, 5.74) is 2.26. The summed E-state index contributed by atoms with van der Waals surface area (Å²) in [5.74, 6) is 1.91. The number of aliphatic hydroxyl groups is 1. The highest BCUT2D eigenvalue weighted by atomic mass is 32.2. The first-order chi connectivity index (χ1) is 15.5. The Hall–Kier alpha value is -2.52. The molecule has 2 aliphatic heterocycles. The number of rotatable bonds is 6. The van der Waals surface area contributed by atoms with Gasteiger partial charge >= 0.3 is 5.97 Å². The maximum atomic E-state index is 12.5. The molecule has 5 rings (SSSR count). The van der Waals surface area contributed by atoms with E-state index in [-0.39, 0.29) is 18.1 Å². The number of aryl methyl sites for hydroxylation is 1. The van der Waals surface area contributed by atoms with Crippen LogP contribution in [0.3, 0.4) is 0 Å². The van der Waals surface area contributed by atoms with Gasteiger partial charge in [0.1, 0.15) is 10.7 Å². The quantitative estimate of drug-likeness (QED) is 0.638. The van der Waals surface area contributed by atoms with E-state index in [0.29, 0.717) is 40.3 Å². The van der Waals surface area contributed by atoms with Crippen molar-refractivity contribution < 1.29 is 18.8 Å². The summed E-state index contributed by atoms with van der Waals surface area (Å²) in [5, 5.41) is 13.1. The highest BCUT2D eigenvalue weighted by Gasteiger charge is 2.44. The van der Waals surface area contributed by atoms with Crippen LogP contribution in [0.25, 0.3) is 0 Å². The van der Waals surface area contributed by atoms with Crippen molar-refractivity contribution in [2.75, 3.05) is 42.8 Å². The molecule has 1 aliphatic carbocycles.